The molecule has 1 aliphatic rings. The molecule has 0 aliphatic carbocycles. The molecule has 0 radical (unpaired) electrons. The van der Waals surface area contributed by atoms with Crippen LogP contribution in [-0.4, -0.2) is 55.3 Å². The van der Waals surface area contributed by atoms with E-state index in [-0.39, 0.29) is 29.3 Å². The first-order valence-corrected chi connectivity index (χ1v) is 11.9. The van der Waals surface area contributed by atoms with Crippen molar-refractivity contribution in [2.75, 3.05) is 30.0 Å². The number of benzene rings is 1. The van der Waals surface area contributed by atoms with Crippen molar-refractivity contribution >= 4 is 39.7 Å². The number of carbonyl (C=O) groups excluding carboxylic acids is 1. The summed E-state index contributed by atoms with van der Waals surface area (Å²) in [5.41, 5.74) is -0.0961. The third-order valence-electron chi connectivity index (χ3n) is 5.22. The average molecular weight is 461 g/mol. The molecule has 1 fully saturated rings. The minimum Gasteiger partial charge on any atom is -0.361 e. The molecule has 0 spiro atoms. The summed E-state index contributed by atoms with van der Waals surface area (Å²) in [5.74, 6) is 0.311. The molecule has 1 aromatic carbocycles. The highest BCUT2D eigenvalue weighted by Gasteiger charge is 2.32. The number of rotatable bonds is 6. The monoisotopic (exact) mass is 460 g/mol. The van der Waals surface area contributed by atoms with Crippen LogP contribution in [0.15, 0.2) is 35.5 Å². The van der Waals surface area contributed by atoms with Crippen molar-refractivity contribution in [1.29, 1.82) is 0 Å². The molecule has 10 nitrogen and oxygen atoms in total. The van der Waals surface area contributed by atoms with Gasteiger partial charge in [0.25, 0.3) is 0 Å². The van der Waals surface area contributed by atoms with Crippen molar-refractivity contribution in [3.8, 4) is 0 Å². The smallest absolute Gasteiger partial charge is 0.353 e. The number of likely N-dealkylation sites (tertiary alicyclic amines) is 1. The Morgan fingerprint density at radius 3 is 2.28 bits per heavy atom. The first-order valence-electron chi connectivity index (χ1n) is 10.3. The van der Waals surface area contributed by atoms with Crippen LogP contribution in [0.2, 0.25) is 0 Å². The number of amides is 1. The number of anilines is 3. The largest absolute Gasteiger partial charge is 0.361 e. The van der Waals surface area contributed by atoms with Gasteiger partial charge in [-0.25, -0.2) is 9.97 Å². The molecule has 1 aliphatic heterocycles. The number of nitrogens with one attached hydrogen (secondary N) is 2. The summed E-state index contributed by atoms with van der Waals surface area (Å²) < 4.78 is 11.5. The predicted octanol–water partition coefficient (Wildman–Crippen LogP) is 3.31. The molecule has 3 rings (SSSR count). The van der Waals surface area contributed by atoms with E-state index in [1.807, 2.05) is 25.7 Å². The van der Waals surface area contributed by atoms with Crippen LogP contribution in [0.5, 0.6) is 0 Å². The summed E-state index contributed by atoms with van der Waals surface area (Å²) in [7, 11) is -1.11. The Balaban J connectivity index is 1.73. The number of hydrogen-bond acceptors (Lipinski definition) is 8. The van der Waals surface area contributed by atoms with Gasteiger partial charge in [0.1, 0.15) is 6.33 Å². The first-order chi connectivity index (χ1) is 15.1. The Kier molecular flexibility index (Phi) is 7.07. The lowest BCUT2D eigenvalue weighted by Crippen LogP contribution is -2.46. The van der Waals surface area contributed by atoms with Gasteiger partial charge in [-0.05, 0) is 37.1 Å². The van der Waals surface area contributed by atoms with Crippen LogP contribution in [0.4, 0.5) is 23.0 Å². The van der Waals surface area contributed by atoms with Gasteiger partial charge >= 0.3 is 5.69 Å². The van der Waals surface area contributed by atoms with Gasteiger partial charge in [0.2, 0.25) is 17.5 Å². The Hall–Kier alpha value is -3.08. The van der Waals surface area contributed by atoms with E-state index in [2.05, 4.69) is 20.6 Å². The lowest BCUT2D eigenvalue weighted by molar-refractivity contribution is -0.383. The number of nitro groups is 1. The van der Waals surface area contributed by atoms with Gasteiger partial charge in [0.05, 0.1) is 4.92 Å². The first kappa shape index (κ1) is 23.6. The van der Waals surface area contributed by atoms with Crippen LogP contribution in [-0.2, 0) is 15.6 Å². The third kappa shape index (κ3) is 5.58. The minimum absolute atomic E-state index is 0.0423. The zero-order valence-corrected chi connectivity index (χ0v) is 19.4. The normalized spacial score (nSPS) is 15.8. The summed E-state index contributed by atoms with van der Waals surface area (Å²) in [5, 5.41) is 17.9. The fourth-order valence-corrected chi connectivity index (χ4v) is 4.03. The molecule has 2 aromatic rings. The molecule has 1 atom stereocenters. The standard InChI is InChI=1S/C21H28N6O4S/c1-21(2,3)20(28)26-11-9-15(10-12-26)25-19-17(27(29)30)18(22-13-23-19)24-14-5-7-16(8-6-14)32(4)31/h5-8,13,15H,9-12H2,1-4H3,(H2,22,23,24,25). The van der Waals surface area contributed by atoms with Crippen LogP contribution in [0.3, 0.4) is 0 Å². The Labute approximate surface area is 189 Å². The van der Waals surface area contributed by atoms with Crippen molar-refractivity contribution in [3.05, 3.63) is 40.7 Å². The summed E-state index contributed by atoms with van der Waals surface area (Å²) in [6.45, 7) is 6.86. The molecule has 1 amide bonds. The van der Waals surface area contributed by atoms with E-state index < -0.39 is 21.1 Å². The van der Waals surface area contributed by atoms with Crippen LogP contribution < -0.4 is 10.6 Å². The molecule has 2 heterocycles. The van der Waals surface area contributed by atoms with Gasteiger partial charge < -0.3 is 15.5 Å². The highest BCUT2D eigenvalue weighted by Crippen LogP contribution is 2.33. The summed E-state index contributed by atoms with van der Waals surface area (Å²) in [6.07, 6.45) is 4.19. The molecule has 11 heteroatoms. The van der Waals surface area contributed by atoms with E-state index in [9.17, 15) is 19.1 Å². The quantitative estimate of drug-likeness (QED) is 0.496. The van der Waals surface area contributed by atoms with Gasteiger partial charge in [-0.1, -0.05) is 20.8 Å². The fourth-order valence-electron chi connectivity index (χ4n) is 3.51. The van der Waals surface area contributed by atoms with Crippen molar-refractivity contribution in [2.45, 2.75) is 44.6 Å². The molecule has 0 saturated carbocycles. The van der Waals surface area contributed by atoms with E-state index in [1.54, 1.807) is 30.5 Å². The van der Waals surface area contributed by atoms with Crippen LogP contribution in [0, 0.1) is 15.5 Å². The number of aromatic nitrogens is 2. The number of carbonyl (C=O) groups is 1. The molecule has 1 unspecified atom stereocenters. The fraction of sp³-hybridized carbons (Fsp3) is 0.476. The Morgan fingerprint density at radius 1 is 1.16 bits per heavy atom. The molecule has 1 aromatic heterocycles. The van der Waals surface area contributed by atoms with Crippen molar-refractivity contribution < 1.29 is 13.9 Å². The molecule has 2 N–H and O–H groups in total. The van der Waals surface area contributed by atoms with Crippen LogP contribution >= 0.6 is 0 Å². The van der Waals surface area contributed by atoms with Gasteiger partial charge in [-0.3, -0.25) is 19.1 Å². The number of piperidine rings is 1. The van der Waals surface area contributed by atoms with Crippen molar-refractivity contribution in [3.63, 3.8) is 0 Å². The van der Waals surface area contributed by atoms with E-state index in [4.69, 9.17) is 0 Å². The zero-order chi connectivity index (χ0) is 23.5. The molecule has 1 saturated heterocycles. The second kappa shape index (κ2) is 9.60. The highest BCUT2D eigenvalue weighted by molar-refractivity contribution is 7.84. The SMILES string of the molecule is CS(=O)c1ccc(Nc2ncnc(NC3CCN(C(=O)C(C)(C)C)CC3)c2[N+](=O)[O-])cc1. The van der Waals surface area contributed by atoms with E-state index in [1.165, 1.54) is 6.33 Å². The molecule has 0 bridgehead atoms. The Morgan fingerprint density at radius 2 is 1.75 bits per heavy atom. The minimum atomic E-state index is -1.11. The van der Waals surface area contributed by atoms with Crippen molar-refractivity contribution in [2.24, 2.45) is 5.41 Å². The predicted molar refractivity (Wildman–Crippen MR) is 123 cm³/mol. The van der Waals surface area contributed by atoms with Crippen molar-refractivity contribution in [1.82, 2.24) is 14.9 Å². The molecule has 32 heavy (non-hydrogen) atoms. The van der Waals surface area contributed by atoms with Gasteiger partial charge in [0.15, 0.2) is 0 Å². The zero-order valence-electron chi connectivity index (χ0n) is 18.6. The summed E-state index contributed by atoms with van der Waals surface area (Å²) in [4.78, 5) is 34.4. The van der Waals surface area contributed by atoms with Gasteiger partial charge in [-0.15, -0.1) is 0 Å². The third-order valence-corrected chi connectivity index (χ3v) is 6.15. The summed E-state index contributed by atoms with van der Waals surface area (Å²) in [6, 6.07) is 6.73. The Bertz CT molecular complexity index is 1010. The topological polar surface area (TPSA) is 130 Å². The second-order valence-corrected chi connectivity index (χ2v) is 10.1. The summed E-state index contributed by atoms with van der Waals surface area (Å²) >= 11 is 0. The average Bonchev–Trinajstić information content (AvgIpc) is 2.73. The maximum atomic E-state index is 12.5. The second-order valence-electron chi connectivity index (χ2n) is 8.74. The lowest BCUT2D eigenvalue weighted by atomic mass is 9.93. The van der Waals surface area contributed by atoms with E-state index in [0.29, 0.717) is 36.5 Å². The molecular weight excluding hydrogens is 432 g/mol. The van der Waals surface area contributed by atoms with Gasteiger partial charge in [0, 0.05) is 52.2 Å². The van der Waals surface area contributed by atoms with E-state index >= 15 is 0 Å². The number of nitrogens with zero attached hydrogens (tertiary/aromatic N) is 4. The maximum absolute atomic E-state index is 12.5. The number of hydrogen-bond donors (Lipinski definition) is 2. The molecular formula is C21H28N6O4S. The molecule has 172 valence electrons. The maximum Gasteiger partial charge on any atom is 0.353 e. The highest BCUT2D eigenvalue weighted by atomic mass is 32.2. The van der Waals surface area contributed by atoms with E-state index in [0.717, 1.165) is 0 Å². The van der Waals surface area contributed by atoms with Crippen LogP contribution in [0.25, 0.3) is 0 Å². The van der Waals surface area contributed by atoms with Gasteiger partial charge in [-0.2, -0.15) is 0 Å². The lowest BCUT2D eigenvalue weighted by Gasteiger charge is -2.36. The van der Waals surface area contributed by atoms with Crippen LogP contribution in [0.1, 0.15) is 33.6 Å².